The highest BCUT2D eigenvalue weighted by atomic mass is 32.1. The standard InChI is InChI=1S/C16H25N3OS/c1-4-18-15(20)14-13(17)12(11-5-6-11)16(21-14)19-7-9(2)10(3)8-19/h9-11H,4-8,17H2,1-3H3,(H,18,20). The fourth-order valence-electron chi connectivity index (χ4n) is 3.15. The molecule has 2 heterocycles. The van der Waals surface area contributed by atoms with Gasteiger partial charge in [0.1, 0.15) is 4.88 Å². The molecule has 1 aromatic heterocycles. The lowest BCUT2D eigenvalue weighted by molar-refractivity contribution is 0.0960. The molecule has 1 amide bonds. The molecule has 3 N–H and O–H groups in total. The molecule has 0 aromatic carbocycles. The Morgan fingerprint density at radius 2 is 1.95 bits per heavy atom. The average molecular weight is 307 g/mol. The lowest BCUT2D eigenvalue weighted by atomic mass is 10.0. The number of hydrogen-bond acceptors (Lipinski definition) is 4. The average Bonchev–Trinajstić information content (AvgIpc) is 3.13. The topological polar surface area (TPSA) is 58.4 Å². The van der Waals surface area contributed by atoms with E-state index in [4.69, 9.17) is 5.73 Å². The quantitative estimate of drug-likeness (QED) is 0.899. The number of hydrogen-bond donors (Lipinski definition) is 2. The first-order valence-corrected chi connectivity index (χ1v) is 8.79. The van der Waals surface area contributed by atoms with Gasteiger partial charge in [-0.2, -0.15) is 0 Å². The monoisotopic (exact) mass is 307 g/mol. The summed E-state index contributed by atoms with van der Waals surface area (Å²) in [5.41, 5.74) is 8.32. The van der Waals surface area contributed by atoms with E-state index in [0.29, 0.717) is 29.2 Å². The van der Waals surface area contributed by atoms with Gasteiger partial charge in [0, 0.05) is 25.2 Å². The van der Waals surface area contributed by atoms with Gasteiger partial charge >= 0.3 is 0 Å². The van der Waals surface area contributed by atoms with E-state index in [0.717, 1.165) is 18.8 Å². The predicted octanol–water partition coefficient (Wildman–Crippen LogP) is 3.05. The summed E-state index contributed by atoms with van der Waals surface area (Å²) in [6, 6.07) is 0. The molecule has 2 aliphatic rings. The third-order valence-corrected chi connectivity index (χ3v) is 6.05. The largest absolute Gasteiger partial charge is 0.397 e. The van der Waals surface area contributed by atoms with Crippen LogP contribution < -0.4 is 16.0 Å². The minimum atomic E-state index is -0.0200. The molecule has 0 bridgehead atoms. The number of rotatable bonds is 4. The first-order valence-electron chi connectivity index (χ1n) is 7.98. The number of carbonyl (C=O) groups is 1. The zero-order chi connectivity index (χ0) is 15.1. The molecular weight excluding hydrogens is 282 g/mol. The minimum absolute atomic E-state index is 0.0200. The molecule has 116 valence electrons. The molecule has 1 saturated carbocycles. The van der Waals surface area contributed by atoms with Gasteiger partial charge in [0.25, 0.3) is 5.91 Å². The molecule has 1 saturated heterocycles. The van der Waals surface area contributed by atoms with E-state index in [2.05, 4.69) is 24.1 Å². The highest BCUT2D eigenvalue weighted by Crippen LogP contribution is 2.52. The summed E-state index contributed by atoms with van der Waals surface area (Å²) in [7, 11) is 0. The summed E-state index contributed by atoms with van der Waals surface area (Å²) in [4.78, 5) is 15.4. The molecule has 4 nitrogen and oxygen atoms in total. The van der Waals surface area contributed by atoms with Crippen molar-refractivity contribution in [3.63, 3.8) is 0 Å². The van der Waals surface area contributed by atoms with Gasteiger partial charge < -0.3 is 16.0 Å². The number of nitrogen functional groups attached to an aromatic ring is 1. The van der Waals surface area contributed by atoms with Gasteiger partial charge in [-0.05, 0) is 37.5 Å². The molecule has 2 fully saturated rings. The Bertz CT molecular complexity index is 540. The molecule has 0 radical (unpaired) electrons. The number of anilines is 2. The fraction of sp³-hybridized carbons (Fsp3) is 0.688. The third kappa shape index (κ3) is 2.63. The van der Waals surface area contributed by atoms with Crippen molar-refractivity contribution in [3.05, 3.63) is 10.4 Å². The van der Waals surface area contributed by atoms with E-state index in [1.54, 1.807) is 11.3 Å². The van der Waals surface area contributed by atoms with Gasteiger partial charge in [-0.15, -0.1) is 11.3 Å². The van der Waals surface area contributed by atoms with Crippen LogP contribution in [0.2, 0.25) is 0 Å². The lowest BCUT2D eigenvalue weighted by Gasteiger charge is -2.18. The normalized spacial score (nSPS) is 25.4. The SMILES string of the molecule is CCNC(=O)c1sc(N2CC(C)C(C)C2)c(C2CC2)c1N. The first-order chi connectivity index (χ1) is 10.0. The Labute approximate surface area is 130 Å². The van der Waals surface area contributed by atoms with Crippen molar-refractivity contribution >= 4 is 27.9 Å². The molecule has 21 heavy (non-hydrogen) atoms. The predicted molar refractivity (Wildman–Crippen MR) is 89.3 cm³/mol. The number of nitrogens with one attached hydrogen (secondary N) is 1. The van der Waals surface area contributed by atoms with Crippen molar-refractivity contribution in [1.29, 1.82) is 0 Å². The van der Waals surface area contributed by atoms with Crippen molar-refractivity contribution in [2.75, 3.05) is 30.3 Å². The van der Waals surface area contributed by atoms with Gasteiger partial charge in [-0.3, -0.25) is 4.79 Å². The molecule has 1 aliphatic heterocycles. The summed E-state index contributed by atoms with van der Waals surface area (Å²) in [6.07, 6.45) is 2.42. The van der Waals surface area contributed by atoms with Gasteiger partial charge in [0.2, 0.25) is 0 Å². The molecule has 2 unspecified atom stereocenters. The maximum Gasteiger partial charge on any atom is 0.263 e. The molecule has 2 atom stereocenters. The van der Waals surface area contributed by atoms with Crippen LogP contribution in [0.1, 0.15) is 54.8 Å². The van der Waals surface area contributed by atoms with Crippen LogP contribution in [0.4, 0.5) is 10.7 Å². The molecule has 5 heteroatoms. The van der Waals surface area contributed by atoms with Crippen molar-refractivity contribution in [2.45, 2.75) is 39.5 Å². The second-order valence-electron chi connectivity index (χ2n) is 6.56. The first kappa shape index (κ1) is 14.7. The molecule has 1 aliphatic carbocycles. The van der Waals surface area contributed by atoms with E-state index in [1.807, 2.05) is 6.92 Å². The molecular formula is C16H25N3OS. The Morgan fingerprint density at radius 3 is 2.48 bits per heavy atom. The third-order valence-electron chi connectivity index (χ3n) is 4.77. The van der Waals surface area contributed by atoms with Crippen LogP contribution >= 0.6 is 11.3 Å². The van der Waals surface area contributed by atoms with Crippen LogP contribution in [0.3, 0.4) is 0 Å². The lowest BCUT2D eigenvalue weighted by Crippen LogP contribution is -2.22. The molecule has 3 rings (SSSR count). The van der Waals surface area contributed by atoms with E-state index < -0.39 is 0 Å². The molecule has 0 spiro atoms. The van der Waals surface area contributed by atoms with Crippen molar-refractivity contribution in [2.24, 2.45) is 11.8 Å². The van der Waals surface area contributed by atoms with E-state index >= 15 is 0 Å². The Morgan fingerprint density at radius 1 is 1.33 bits per heavy atom. The van der Waals surface area contributed by atoms with Crippen molar-refractivity contribution in [3.8, 4) is 0 Å². The van der Waals surface area contributed by atoms with Crippen LogP contribution in [-0.2, 0) is 0 Å². The van der Waals surface area contributed by atoms with Crippen LogP contribution in [0.15, 0.2) is 0 Å². The smallest absolute Gasteiger partial charge is 0.263 e. The summed E-state index contributed by atoms with van der Waals surface area (Å²) in [5.74, 6) is 1.96. The van der Waals surface area contributed by atoms with Crippen LogP contribution in [0.5, 0.6) is 0 Å². The number of nitrogens with two attached hydrogens (primary N) is 1. The fourth-order valence-corrected chi connectivity index (χ4v) is 4.39. The van der Waals surface area contributed by atoms with Crippen LogP contribution in [0, 0.1) is 11.8 Å². The van der Waals surface area contributed by atoms with Gasteiger partial charge in [0.05, 0.1) is 10.7 Å². The summed E-state index contributed by atoms with van der Waals surface area (Å²) < 4.78 is 0. The van der Waals surface area contributed by atoms with Gasteiger partial charge in [0.15, 0.2) is 0 Å². The van der Waals surface area contributed by atoms with Gasteiger partial charge in [-0.25, -0.2) is 0 Å². The summed E-state index contributed by atoms with van der Waals surface area (Å²) in [5, 5.41) is 4.14. The highest BCUT2D eigenvalue weighted by molar-refractivity contribution is 7.18. The van der Waals surface area contributed by atoms with Crippen molar-refractivity contribution in [1.82, 2.24) is 5.32 Å². The van der Waals surface area contributed by atoms with E-state index in [9.17, 15) is 4.79 Å². The number of amides is 1. The zero-order valence-corrected chi connectivity index (χ0v) is 13.9. The van der Waals surface area contributed by atoms with E-state index in [-0.39, 0.29) is 5.91 Å². The van der Waals surface area contributed by atoms with E-state index in [1.165, 1.54) is 23.4 Å². The maximum atomic E-state index is 12.2. The summed E-state index contributed by atoms with van der Waals surface area (Å²) in [6.45, 7) is 9.36. The highest BCUT2D eigenvalue weighted by Gasteiger charge is 2.37. The zero-order valence-electron chi connectivity index (χ0n) is 13.1. The number of thiophene rings is 1. The molecule has 1 aromatic rings. The van der Waals surface area contributed by atoms with Crippen LogP contribution in [-0.4, -0.2) is 25.5 Å². The van der Waals surface area contributed by atoms with Crippen molar-refractivity contribution < 1.29 is 4.79 Å². The van der Waals surface area contributed by atoms with Gasteiger partial charge in [-0.1, -0.05) is 13.8 Å². The van der Waals surface area contributed by atoms with Crippen LogP contribution in [0.25, 0.3) is 0 Å². The Kier molecular flexibility index (Phi) is 3.86. The minimum Gasteiger partial charge on any atom is -0.397 e. The Hall–Kier alpha value is -1.23. The Balaban J connectivity index is 1.95. The second kappa shape index (κ2) is 5.52. The number of carbonyl (C=O) groups excluding carboxylic acids is 1. The second-order valence-corrected chi connectivity index (χ2v) is 7.56. The maximum absolute atomic E-state index is 12.2. The summed E-state index contributed by atoms with van der Waals surface area (Å²) >= 11 is 1.59. The number of nitrogens with zero attached hydrogens (tertiary/aromatic N) is 1.